The van der Waals surface area contributed by atoms with Gasteiger partial charge in [0.1, 0.15) is 0 Å². The van der Waals surface area contributed by atoms with Crippen molar-refractivity contribution in [1.82, 2.24) is 5.32 Å². The average Bonchev–Trinajstić information content (AvgIpc) is 2.27. The van der Waals surface area contributed by atoms with Gasteiger partial charge in [-0.25, -0.2) is 8.42 Å². The second-order valence-corrected chi connectivity index (χ2v) is 7.41. The van der Waals surface area contributed by atoms with Crippen LogP contribution in [0.5, 0.6) is 0 Å². The Bertz CT molecular complexity index is 532. The van der Waals surface area contributed by atoms with Gasteiger partial charge in [-0.1, -0.05) is 26.0 Å². The zero-order chi connectivity index (χ0) is 14.6. The number of hydrogen-bond donors (Lipinski definition) is 1. The summed E-state index contributed by atoms with van der Waals surface area (Å²) >= 11 is 0. The van der Waals surface area contributed by atoms with Crippen LogP contribution in [0.1, 0.15) is 36.7 Å². The molecule has 0 aromatic heterocycles. The number of hydrogen-bond acceptors (Lipinski definition) is 3. The molecular weight excluding hydrogens is 262 g/mol. The van der Waals surface area contributed by atoms with Crippen molar-refractivity contribution in [2.24, 2.45) is 5.92 Å². The van der Waals surface area contributed by atoms with Crippen LogP contribution in [0.4, 0.5) is 0 Å². The lowest BCUT2D eigenvalue weighted by atomic mass is 10.1. The van der Waals surface area contributed by atoms with Gasteiger partial charge in [-0.05, 0) is 30.5 Å². The summed E-state index contributed by atoms with van der Waals surface area (Å²) in [4.78, 5) is 11.9. The SMILES string of the molecule is CC(C)[C@@H](C)NC(=O)c1ccc(CS(C)(=O)=O)cc1. The van der Waals surface area contributed by atoms with E-state index >= 15 is 0 Å². The van der Waals surface area contributed by atoms with E-state index in [9.17, 15) is 13.2 Å². The molecule has 0 aliphatic carbocycles. The molecule has 0 heterocycles. The van der Waals surface area contributed by atoms with Crippen molar-refractivity contribution < 1.29 is 13.2 Å². The summed E-state index contributed by atoms with van der Waals surface area (Å²) in [7, 11) is -3.04. The minimum Gasteiger partial charge on any atom is -0.349 e. The monoisotopic (exact) mass is 283 g/mol. The number of rotatable bonds is 5. The molecule has 106 valence electrons. The van der Waals surface area contributed by atoms with Gasteiger partial charge >= 0.3 is 0 Å². The molecule has 1 rings (SSSR count). The Morgan fingerprint density at radius 1 is 1.16 bits per heavy atom. The number of sulfone groups is 1. The summed E-state index contributed by atoms with van der Waals surface area (Å²) in [6.45, 7) is 6.04. The molecule has 0 bridgehead atoms. The van der Waals surface area contributed by atoms with E-state index < -0.39 is 9.84 Å². The number of carbonyl (C=O) groups is 1. The van der Waals surface area contributed by atoms with Gasteiger partial charge in [0.05, 0.1) is 5.75 Å². The summed E-state index contributed by atoms with van der Waals surface area (Å²) < 4.78 is 22.3. The molecule has 0 saturated carbocycles. The van der Waals surface area contributed by atoms with Crippen molar-refractivity contribution >= 4 is 15.7 Å². The molecule has 0 saturated heterocycles. The lowest BCUT2D eigenvalue weighted by molar-refractivity contribution is 0.0930. The van der Waals surface area contributed by atoms with Crippen LogP contribution in [0.25, 0.3) is 0 Å². The number of carbonyl (C=O) groups excluding carboxylic acids is 1. The molecule has 5 heteroatoms. The Kier molecular flexibility index (Phi) is 5.11. The molecule has 1 atom stereocenters. The normalized spacial score (nSPS) is 13.3. The van der Waals surface area contributed by atoms with Gasteiger partial charge in [0.2, 0.25) is 0 Å². The first-order valence-corrected chi connectivity index (χ1v) is 8.32. The van der Waals surface area contributed by atoms with Crippen molar-refractivity contribution in [3.63, 3.8) is 0 Å². The third-order valence-electron chi connectivity index (χ3n) is 3.00. The smallest absolute Gasteiger partial charge is 0.251 e. The summed E-state index contributed by atoms with van der Waals surface area (Å²) in [5, 5.41) is 2.91. The van der Waals surface area contributed by atoms with Crippen LogP contribution >= 0.6 is 0 Å². The third kappa shape index (κ3) is 5.42. The molecule has 0 radical (unpaired) electrons. The maximum atomic E-state index is 11.9. The zero-order valence-corrected chi connectivity index (χ0v) is 12.6. The highest BCUT2D eigenvalue weighted by Crippen LogP contribution is 2.09. The molecule has 4 nitrogen and oxygen atoms in total. The molecule has 0 aliphatic rings. The quantitative estimate of drug-likeness (QED) is 0.899. The summed E-state index contributed by atoms with van der Waals surface area (Å²) in [6.07, 6.45) is 1.19. The minimum atomic E-state index is -3.04. The van der Waals surface area contributed by atoms with Gasteiger partial charge in [0, 0.05) is 17.9 Å². The Hall–Kier alpha value is -1.36. The van der Waals surface area contributed by atoms with E-state index in [2.05, 4.69) is 5.32 Å². The standard InChI is InChI=1S/C14H21NO3S/c1-10(2)11(3)15-14(16)13-7-5-12(6-8-13)9-19(4,17)18/h5-8,10-11H,9H2,1-4H3,(H,15,16)/t11-/m1/s1. The van der Waals surface area contributed by atoms with Crippen molar-refractivity contribution in [1.29, 1.82) is 0 Å². The lowest BCUT2D eigenvalue weighted by Crippen LogP contribution is -2.36. The van der Waals surface area contributed by atoms with Crippen LogP contribution in [-0.4, -0.2) is 26.6 Å². The molecule has 1 N–H and O–H groups in total. The van der Waals surface area contributed by atoms with Crippen LogP contribution in [-0.2, 0) is 15.6 Å². The molecule has 0 unspecified atom stereocenters. The fourth-order valence-corrected chi connectivity index (χ4v) is 2.31. The van der Waals surface area contributed by atoms with Crippen LogP contribution in [0.2, 0.25) is 0 Å². The van der Waals surface area contributed by atoms with E-state index in [-0.39, 0.29) is 17.7 Å². The maximum absolute atomic E-state index is 11.9. The van der Waals surface area contributed by atoms with E-state index in [1.165, 1.54) is 6.26 Å². The predicted molar refractivity (Wildman–Crippen MR) is 76.8 cm³/mol. The van der Waals surface area contributed by atoms with Crippen LogP contribution in [0.15, 0.2) is 24.3 Å². The highest BCUT2D eigenvalue weighted by atomic mass is 32.2. The molecular formula is C14H21NO3S. The number of nitrogens with one attached hydrogen (secondary N) is 1. The van der Waals surface area contributed by atoms with Crippen molar-refractivity contribution in [3.05, 3.63) is 35.4 Å². The van der Waals surface area contributed by atoms with E-state index in [1.54, 1.807) is 24.3 Å². The van der Waals surface area contributed by atoms with Gasteiger partial charge in [-0.15, -0.1) is 0 Å². The Balaban J connectivity index is 2.74. The van der Waals surface area contributed by atoms with E-state index in [1.807, 2.05) is 20.8 Å². The third-order valence-corrected chi connectivity index (χ3v) is 3.86. The van der Waals surface area contributed by atoms with Gasteiger partial charge in [0.15, 0.2) is 9.84 Å². The fraction of sp³-hybridized carbons (Fsp3) is 0.500. The molecule has 1 amide bonds. The molecule has 0 fully saturated rings. The summed E-state index contributed by atoms with van der Waals surface area (Å²) in [6, 6.07) is 6.76. The first kappa shape index (κ1) is 15.7. The largest absolute Gasteiger partial charge is 0.349 e. The molecule has 1 aromatic carbocycles. The van der Waals surface area contributed by atoms with Crippen LogP contribution in [0, 0.1) is 5.92 Å². The number of benzene rings is 1. The molecule has 1 aromatic rings. The van der Waals surface area contributed by atoms with Gasteiger partial charge in [-0.3, -0.25) is 4.79 Å². The van der Waals surface area contributed by atoms with Crippen molar-refractivity contribution in [2.45, 2.75) is 32.6 Å². The van der Waals surface area contributed by atoms with Crippen molar-refractivity contribution in [2.75, 3.05) is 6.26 Å². The second kappa shape index (κ2) is 6.19. The van der Waals surface area contributed by atoms with Crippen LogP contribution < -0.4 is 5.32 Å². The first-order valence-electron chi connectivity index (χ1n) is 6.26. The zero-order valence-electron chi connectivity index (χ0n) is 11.8. The maximum Gasteiger partial charge on any atom is 0.251 e. The van der Waals surface area contributed by atoms with E-state index in [0.29, 0.717) is 17.0 Å². The predicted octanol–water partition coefficient (Wildman–Crippen LogP) is 2.01. The first-order chi connectivity index (χ1) is 8.69. The fourth-order valence-electron chi connectivity index (χ4n) is 1.51. The lowest BCUT2D eigenvalue weighted by Gasteiger charge is -2.17. The molecule has 0 spiro atoms. The average molecular weight is 283 g/mol. The summed E-state index contributed by atoms with van der Waals surface area (Å²) in [5.74, 6) is 0.234. The molecule has 0 aliphatic heterocycles. The Morgan fingerprint density at radius 2 is 1.68 bits per heavy atom. The van der Waals surface area contributed by atoms with Gasteiger partial charge in [0.25, 0.3) is 5.91 Å². The van der Waals surface area contributed by atoms with Crippen LogP contribution in [0.3, 0.4) is 0 Å². The highest BCUT2D eigenvalue weighted by molar-refractivity contribution is 7.89. The Labute approximate surface area is 115 Å². The summed E-state index contributed by atoms with van der Waals surface area (Å²) in [5.41, 5.74) is 1.24. The second-order valence-electron chi connectivity index (χ2n) is 5.27. The van der Waals surface area contributed by atoms with Gasteiger partial charge in [-0.2, -0.15) is 0 Å². The van der Waals surface area contributed by atoms with Gasteiger partial charge < -0.3 is 5.32 Å². The molecule has 19 heavy (non-hydrogen) atoms. The van der Waals surface area contributed by atoms with E-state index in [4.69, 9.17) is 0 Å². The minimum absolute atomic E-state index is 0.00268. The number of amides is 1. The topological polar surface area (TPSA) is 63.2 Å². The van der Waals surface area contributed by atoms with Crippen molar-refractivity contribution in [3.8, 4) is 0 Å². The van der Waals surface area contributed by atoms with E-state index in [0.717, 1.165) is 0 Å². The Morgan fingerprint density at radius 3 is 2.11 bits per heavy atom. The highest BCUT2D eigenvalue weighted by Gasteiger charge is 2.12.